The third-order valence-electron chi connectivity index (χ3n) is 4.19. The van der Waals surface area contributed by atoms with Crippen LogP contribution in [0.15, 0.2) is 18.2 Å². The molecular weight excluding hydrogens is 366 g/mol. The van der Waals surface area contributed by atoms with Crippen LogP contribution in [0.2, 0.25) is 5.28 Å². The number of rotatable bonds is 3. The third kappa shape index (κ3) is 2.97. The lowest BCUT2D eigenvalue weighted by atomic mass is 10.2. The van der Waals surface area contributed by atoms with E-state index in [2.05, 4.69) is 19.9 Å². The Morgan fingerprint density at radius 1 is 1.08 bits per heavy atom. The van der Waals surface area contributed by atoms with Crippen LogP contribution in [-0.2, 0) is 4.74 Å². The zero-order chi connectivity index (χ0) is 18.3. The fourth-order valence-corrected chi connectivity index (χ4v) is 3.10. The molecule has 1 aliphatic rings. The van der Waals surface area contributed by atoms with Gasteiger partial charge in [-0.2, -0.15) is 15.0 Å². The first kappa shape index (κ1) is 17.0. The van der Waals surface area contributed by atoms with E-state index in [1.54, 1.807) is 12.1 Å². The number of hydrogen-bond acceptors (Lipinski definition) is 6. The standard InChI is InChI=1S/C16H15ClF2N6O/c1-9-3-2-4-10-11(9)20-13(12(18)19)25(10)16-22-14(17)21-15(23-16)24-5-7-26-8-6-24/h2-4,12H,5-8H2,1H3. The first-order valence-corrected chi connectivity index (χ1v) is 8.43. The second-order valence-electron chi connectivity index (χ2n) is 5.85. The first-order valence-electron chi connectivity index (χ1n) is 8.05. The Hall–Kier alpha value is -2.39. The van der Waals surface area contributed by atoms with E-state index in [0.29, 0.717) is 43.3 Å². The zero-order valence-electron chi connectivity index (χ0n) is 13.9. The van der Waals surface area contributed by atoms with Crippen LogP contribution in [0, 0.1) is 6.92 Å². The maximum Gasteiger partial charge on any atom is 0.296 e. The summed E-state index contributed by atoms with van der Waals surface area (Å²) < 4.78 is 33.8. The molecule has 0 N–H and O–H groups in total. The van der Waals surface area contributed by atoms with Gasteiger partial charge < -0.3 is 9.64 Å². The second-order valence-corrected chi connectivity index (χ2v) is 6.19. The van der Waals surface area contributed by atoms with Gasteiger partial charge in [-0.3, -0.25) is 4.57 Å². The Bertz CT molecular complexity index is 957. The van der Waals surface area contributed by atoms with Gasteiger partial charge in [0.25, 0.3) is 6.43 Å². The maximum absolute atomic E-state index is 13.6. The molecule has 1 fully saturated rings. The van der Waals surface area contributed by atoms with Crippen LogP contribution in [0.1, 0.15) is 17.8 Å². The van der Waals surface area contributed by atoms with Gasteiger partial charge in [-0.25, -0.2) is 13.8 Å². The monoisotopic (exact) mass is 380 g/mol. The number of aryl methyl sites for hydroxylation is 1. The van der Waals surface area contributed by atoms with Crippen LogP contribution in [0.4, 0.5) is 14.7 Å². The van der Waals surface area contributed by atoms with Gasteiger partial charge in [0.05, 0.1) is 24.2 Å². The number of nitrogens with zero attached hydrogens (tertiary/aromatic N) is 6. The molecule has 0 unspecified atom stereocenters. The van der Waals surface area contributed by atoms with Gasteiger partial charge in [-0.1, -0.05) is 12.1 Å². The molecule has 7 nitrogen and oxygen atoms in total. The van der Waals surface area contributed by atoms with Gasteiger partial charge >= 0.3 is 0 Å². The largest absolute Gasteiger partial charge is 0.378 e. The summed E-state index contributed by atoms with van der Waals surface area (Å²) in [5.41, 5.74) is 1.76. The lowest BCUT2D eigenvalue weighted by Gasteiger charge is -2.26. The number of ether oxygens (including phenoxy) is 1. The Balaban J connectivity index is 1.91. The number of halogens is 3. The summed E-state index contributed by atoms with van der Waals surface area (Å²) >= 11 is 6.06. The first-order chi connectivity index (χ1) is 12.5. The molecule has 1 aromatic carbocycles. The fourth-order valence-electron chi connectivity index (χ4n) is 2.95. The highest BCUT2D eigenvalue weighted by Gasteiger charge is 2.24. The lowest BCUT2D eigenvalue weighted by Crippen LogP contribution is -2.37. The van der Waals surface area contributed by atoms with E-state index < -0.39 is 12.2 Å². The van der Waals surface area contributed by atoms with Crippen molar-refractivity contribution in [2.45, 2.75) is 13.3 Å². The maximum atomic E-state index is 13.6. The van der Waals surface area contributed by atoms with E-state index in [4.69, 9.17) is 16.3 Å². The molecule has 4 rings (SSSR count). The Morgan fingerprint density at radius 2 is 1.81 bits per heavy atom. The summed E-state index contributed by atoms with van der Waals surface area (Å²) in [5, 5.41) is -0.0637. The summed E-state index contributed by atoms with van der Waals surface area (Å²) in [4.78, 5) is 18.6. The summed E-state index contributed by atoms with van der Waals surface area (Å²) in [6, 6.07) is 5.29. The molecule has 0 atom stereocenters. The molecule has 0 saturated carbocycles. The van der Waals surface area contributed by atoms with Gasteiger partial charge in [0.2, 0.25) is 17.2 Å². The number of para-hydroxylation sites is 1. The van der Waals surface area contributed by atoms with Crippen LogP contribution < -0.4 is 4.90 Å². The van der Waals surface area contributed by atoms with Crippen molar-refractivity contribution in [3.8, 4) is 5.95 Å². The quantitative estimate of drug-likeness (QED) is 0.696. The van der Waals surface area contributed by atoms with Crippen LogP contribution in [0.25, 0.3) is 17.0 Å². The number of fused-ring (bicyclic) bond motifs is 1. The molecule has 1 saturated heterocycles. The van der Waals surface area contributed by atoms with Gasteiger partial charge in [0.15, 0.2) is 5.82 Å². The molecule has 0 aliphatic carbocycles. The summed E-state index contributed by atoms with van der Waals surface area (Å²) in [5.74, 6) is -0.0718. The highest BCUT2D eigenvalue weighted by Crippen LogP contribution is 2.29. The molecular formula is C16H15ClF2N6O. The normalized spacial score (nSPS) is 15.2. The van der Waals surface area contributed by atoms with Gasteiger partial charge in [0.1, 0.15) is 0 Å². The van der Waals surface area contributed by atoms with Crippen LogP contribution in [0.3, 0.4) is 0 Å². The van der Waals surface area contributed by atoms with Crippen LogP contribution >= 0.6 is 11.6 Å². The summed E-state index contributed by atoms with van der Waals surface area (Å²) in [6.45, 7) is 4.06. The van der Waals surface area contributed by atoms with Gasteiger partial charge in [-0.05, 0) is 30.2 Å². The number of anilines is 1. The molecule has 3 heterocycles. The Kier molecular flexibility index (Phi) is 4.41. The highest BCUT2D eigenvalue weighted by atomic mass is 35.5. The minimum atomic E-state index is -2.79. The molecule has 0 amide bonds. The van der Waals surface area contributed by atoms with Gasteiger partial charge in [-0.15, -0.1) is 0 Å². The van der Waals surface area contributed by atoms with Crippen molar-refractivity contribution in [1.29, 1.82) is 0 Å². The number of imidazole rings is 1. The lowest BCUT2D eigenvalue weighted by molar-refractivity contribution is 0.122. The number of alkyl halides is 2. The number of morpholine rings is 1. The molecule has 26 heavy (non-hydrogen) atoms. The van der Waals surface area contributed by atoms with E-state index >= 15 is 0 Å². The molecule has 10 heteroatoms. The van der Waals surface area contributed by atoms with Crippen molar-refractivity contribution in [1.82, 2.24) is 24.5 Å². The number of aromatic nitrogens is 5. The van der Waals surface area contributed by atoms with Crippen molar-refractivity contribution in [3.05, 3.63) is 34.9 Å². The molecule has 2 aromatic heterocycles. The van der Waals surface area contributed by atoms with E-state index in [1.165, 1.54) is 4.57 Å². The minimum absolute atomic E-state index is 0.0230. The topological polar surface area (TPSA) is 69.0 Å². The Morgan fingerprint density at radius 3 is 2.54 bits per heavy atom. The fraction of sp³-hybridized carbons (Fsp3) is 0.375. The van der Waals surface area contributed by atoms with Crippen molar-refractivity contribution in [3.63, 3.8) is 0 Å². The van der Waals surface area contributed by atoms with E-state index in [0.717, 1.165) is 5.56 Å². The zero-order valence-corrected chi connectivity index (χ0v) is 14.6. The van der Waals surface area contributed by atoms with Crippen molar-refractivity contribution >= 4 is 28.6 Å². The van der Waals surface area contributed by atoms with Crippen molar-refractivity contribution in [2.24, 2.45) is 0 Å². The van der Waals surface area contributed by atoms with E-state index in [-0.39, 0.29) is 11.2 Å². The van der Waals surface area contributed by atoms with Gasteiger partial charge in [0, 0.05) is 13.1 Å². The highest BCUT2D eigenvalue weighted by molar-refractivity contribution is 6.28. The predicted octanol–water partition coefficient (Wildman–Crippen LogP) is 2.95. The van der Waals surface area contributed by atoms with Crippen LogP contribution in [0.5, 0.6) is 0 Å². The average molecular weight is 381 g/mol. The molecule has 3 aromatic rings. The average Bonchev–Trinajstić information content (AvgIpc) is 3.03. The molecule has 0 bridgehead atoms. The van der Waals surface area contributed by atoms with Crippen LogP contribution in [-0.4, -0.2) is 50.8 Å². The molecule has 0 spiro atoms. The molecule has 0 radical (unpaired) electrons. The number of benzene rings is 1. The number of hydrogen-bond donors (Lipinski definition) is 0. The summed E-state index contributed by atoms with van der Waals surface area (Å²) in [6.07, 6.45) is -2.79. The summed E-state index contributed by atoms with van der Waals surface area (Å²) in [7, 11) is 0. The molecule has 136 valence electrons. The van der Waals surface area contributed by atoms with E-state index in [9.17, 15) is 8.78 Å². The van der Waals surface area contributed by atoms with Crippen molar-refractivity contribution < 1.29 is 13.5 Å². The predicted molar refractivity (Wildman–Crippen MR) is 92.2 cm³/mol. The van der Waals surface area contributed by atoms with E-state index in [1.807, 2.05) is 17.9 Å². The third-order valence-corrected chi connectivity index (χ3v) is 4.36. The SMILES string of the molecule is Cc1cccc2c1nc(C(F)F)n2-c1nc(Cl)nc(N2CCOCC2)n1. The smallest absolute Gasteiger partial charge is 0.296 e. The Labute approximate surface area is 152 Å². The second kappa shape index (κ2) is 6.73. The van der Waals surface area contributed by atoms with Crippen molar-refractivity contribution in [2.75, 3.05) is 31.2 Å². The molecule has 1 aliphatic heterocycles. The minimum Gasteiger partial charge on any atom is -0.378 e.